The highest BCUT2D eigenvalue weighted by Gasteiger charge is 2.35. The average molecular weight is 245 g/mol. The van der Waals surface area contributed by atoms with Crippen molar-refractivity contribution in [3.05, 3.63) is 29.3 Å². The van der Waals surface area contributed by atoms with E-state index in [-0.39, 0.29) is 5.41 Å². The predicted octanol–water partition coefficient (Wildman–Crippen LogP) is 3.14. The van der Waals surface area contributed by atoms with Crippen molar-refractivity contribution < 1.29 is 5.11 Å². The van der Waals surface area contributed by atoms with Gasteiger partial charge in [-0.1, -0.05) is 12.5 Å². The summed E-state index contributed by atoms with van der Waals surface area (Å²) in [4.78, 5) is 0. The SMILES string of the molecule is OCC1(CNc2ccc3c(c2)CCCC3)CCC1. The second-order valence-corrected chi connectivity index (χ2v) is 6.06. The number of nitrogens with one attached hydrogen (secondary N) is 1. The fourth-order valence-electron chi connectivity index (χ4n) is 3.20. The highest BCUT2D eigenvalue weighted by molar-refractivity contribution is 5.49. The van der Waals surface area contributed by atoms with E-state index in [1.54, 1.807) is 0 Å². The van der Waals surface area contributed by atoms with Gasteiger partial charge in [0.1, 0.15) is 0 Å². The van der Waals surface area contributed by atoms with Crippen LogP contribution in [0.25, 0.3) is 0 Å². The predicted molar refractivity (Wildman–Crippen MR) is 74.9 cm³/mol. The Hall–Kier alpha value is -1.02. The summed E-state index contributed by atoms with van der Waals surface area (Å²) in [6.07, 6.45) is 8.76. The lowest BCUT2D eigenvalue weighted by Gasteiger charge is -2.40. The van der Waals surface area contributed by atoms with Gasteiger partial charge in [-0.2, -0.15) is 0 Å². The van der Waals surface area contributed by atoms with E-state index < -0.39 is 0 Å². The summed E-state index contributed by atoms with van der Waals surface area (Å²) < 4.78 is 0. The first-order valence-corrected chi connectivity index (χ1v) is 7.28. The van der Waals surface area contributed by atoms with Crippen LogP contribution in [0.3, 0.4) is 0 Å². The van der Waals surface area contributed by atoms with Crippen molar-refractivity contribution >= 4 is 5.69 Å². The molecule has 0 radical (unpaired) electrons. The van der Waals surface area contributed by atoms with Gasteiger partial charge < -0.3 is 10.4 Å². The van der Waals surface area contributed by atoms with Crippen LogP contribution in [0.5, 0.6) is 0 Å². The Morgan fingerprint density at radius 1 is 1.06 bits per heavy atom. The molecule has 2 aliphatic carbocycles. The average Bonchev–Trinajstić information content (AvgIpc) is 2.38. The summed E-state index contributed by atoms with van der Waals surface area (Å²) in [7, 11) is 0. The zero-order chi connectivity index (χ0) is 12.4. The van der Waals surface area contributed by atoms with Gasteiger partial charge >= 0.3 is 0 Å². The summed E-state index contributed by atoms with van der Waals surface area (Å²) in [5.41, 5.74) is 4.45. The number of aliphatic hydroxyl groups excluding tert-OH is 1. The Kier molecular flexibility index (Phi) is 3.29. The standard InChI is InChI=1S/C16H23NO/c18-12-16(8-3-9-16)11-17-15-7-6-13-4-1-2-5-14(13)10-15/h6-7,10,17-18H,1-5,8-9,11-12H2. The van der Waals surface area contributed by atoms with Crippen molar-refractivity contribution in [2.24, 2.45) is 5.41 Å². The van der Waals surface area contributed by atoms with E-state index in [4.69, 9.17) is 0 Å². The summed E-state index contributed by atoms with van der Waals surface area (Å²) >= 11 is 0. The van der Waals surface area contributed by atoms with E-state index in [0.29, 0.717) is 6.61 Å². The van der Waals surface area contributed by atoms with Crippen molar-refractivity contribution in [3.63, 3.8) is 0 Å². The molecule has 0 heterocycles. The first-order valence-electron chi connectivity index (χ1n) is 7.28. The van der Waals surface area contributed by atoms with Crippen LogP contribution in [0.2, 0.25) is 0 Å². The first kappa shape index (κ1) is 12.0. The second kappa shape index (κ2) is 4.93. The molecular weight excluding hydrogens is 222 g/mol. The largest absolute Gasteiger partial charge is 0.396 e. The van der Waals surface area contributed by atoms with Gasteiger partial charge in [0.05, 0.1) is 6.61 Å². The number of hydrogen-bond donors (Lipinski definition) is 2. The van der Waals surface area contributed by atoms with Crippen molar-refractivity contribution in [3.8, 4) is 0 Å². The number of fused-ring (bicyclic) bond motifs is 1. The molecule has 0 bridgehead atoms. The summed E-state index contributed by atoms with van der Waals surface area (Å²) in [6, 6.07) is 6.80. The van der Waals surface area contributed by atoms with Crippen LogP contribution in [0, 0.1) is 5.41 Å². The molecule has 0 atom stereocenters. The van der Waals surface area contributed by atoms with E-state index in [9.17, 15) is 5.11 Å². The van der Waals surface area contributed by atoms with Crippen LogP contribution in [0.1, 0.15) is 43.2 Å². The number of anilines is 1. The van der Waals surface area contributed by atoms with E-state index in [1.165, 1.54) is 61.8 Å². The Balaban J connectivity index is 1.66. The molecule has 1 saturated carbocycles. The maximum Gasteiger partial charge on any atom is 0.0504 e. The fraction of sp³-hybridized carbons (Fsp3) is 0.625. The molecule has 98 valence electrons. The van der Waals surface area contributed by atoms with Gasteiger partial charge in [0.2, 0.25) is 0 Å². The van der Waals surface area contributed by atoms with Gasteiger partial charge in [0, 0.05) is 17.6 Å². The van der Waals surface area contributed by atoms with Gasteiger partial charge in [-0.25, -0.2) is 0 Å². The summed E-state index contributed by atoms with van der Waals surface area (Å²) in [5, 5.41) is 13.0. The number of aliphatic hydroxyl groups is 1. The third kappa shape index (κ3) is 2.26. The van der Waals surface area contributed by atoms with Crippen LogP contribution < -0.4 is 5.32 Å². The Labute approximate surface area is 109 Å². The minimum atomic E-state index is 0.163. The molecule has 3 rings (SSSR count). The molecular formula is C16H23NO. The van der Waals surface area contributed by atoms with Gasteiger partial charge in [-0.3, -0.25) is 0 Å². The molecule has 2 nitrogen and oxygen atoms in total. The van der Waals surface area contributed by atoms with E-state index in [0.717, 1.165) is 6.54 Å². The monoisotopic (exact) mass is 245 g/mol. The highest BCUT2D eigenvalue weighted by Crippen LogP contribution is 2.40. The van der Waals surface area contributed by atoms with Crippen LogP contribution in [-0.4, -0.2) is 18.3 Å². The zero-order valence-corrected chi connectivity index (χ0v) is 11.0. The normalized spacial score (nSPS) is 20.9. The molecule has 0 amide bonds. The minimum Gasteiger partial charge on any atom is -0.396 e. The smallest absolute Gasteiger partial charge is 0.0504 e. The fourth-order valence-corrected chi connectivity index (χ4v) is 3.20. The molecule has 0 aromatic heterocycles. The van der Waals surface area contributed by atoms with Crippen LogP contribution in [0.15, 0.2) is 18.2 Å². The highest BCUT2D eigenvalue weighted by atomic mass is 16.3. The topological polar surface area (TPSA) is 32.3 Å². The van der Waals surface area contributed by atoms with Crippen LogP contribution >= 0.6 is 0 Å². The third-order valence-corrected chi connectivity index (χ3v) is 4.77. The van der Waals surface area contributed by atoms with Crippen molar-refractivity contribution in [2.75, 3.05) is 18.5 Å². The lowest BCUT2D eigenvalue weighted by atomic mass is 9.69. The van der Waals surface area contributed by atoms with Gasteiger partial charge in [-0.15, -0.1) is 0 Å². The van der Waals surface area contributed by atoms with Gasteiger partial charge in [-0.05, 0) is 61.8 Å². The van der Waals surface area contributed by atoms with Crippen molar-refractivity contribution in [2.45, 2.75) is 44.9 Å². The molecule has 18 heavy (non-hydrogen) atoms. The molecule has 1 aromatic carbocycles. The number of hydrogen-bond acceptors (Lipinski definition) is 2. The Morgan fingerprint density at radius 2 is 1.83 bits per heavy atom. The quantitative estimate of drug-likeness (QED) is 0.854. The molecule has 0 saturated heterocycles. The van der Waals surface area contributed by atoms with Crippen LogP contribution in [0.4, 0.5) is 5.69 Å². The van der Waals surface area contributed by atoms with Crippen molar-refractivity contribution in [1.29, 1.82) is 0 Å². The first-order chi connectivity index (χ1) is 8.81. The summed E-state index contributed by atoms with van der Waals surface area (Å²) in [6.45, 7) is 1.24. The molecule has 1 fully saturated rings. The third-order valence-electron chi connectivity index (χ3n) is 4.77. The minimum absolute atomic E-state index is 0.163. The lowest BCUT2D eigenvalue weighted by molar-refractivity contribution is 0.0576. The maximum absolute atomic E-state index is 9.47. The maximum atomic E-state index is 9.47. The Morgan fingerprint density at radius 3 is 2.50 bits per heavy atom. The second-order valence-electron chi connectivity index (χ2n) is 6.06. The number of aryl methyl sites for hydroxylation is 2. The molecule has 0 spiro atoms. The molecule has 1 aromatic rings. The summed E-state index contributed by atoms with van der Waals surface area (Å²) in [5.74, 6) is 0. The zero-order valence-electron chi connectivity index (χ0n) is 11.0. The van der Waals surface area contributed by atoms with Crippen LogP contribution in [-0.2, 0) is 12.8 Å². The lowest BCUT2D eigenvalue weighted by Crippen LogP contribution is -2.39. The molecule has 0 unspecified atom stereocenters. The number of benzene rings is 1. The van der Waals surface area contributed by atoms with E-state index in [1.807, 2.05) is 0 Å². The van der Waals surface area contributed by atoms with Crippen molar-refractivity contribution in [1.82, 2.24) is 0 Å². The number of rotatable bonds is 4. The van der Waals surface area contributed by atoms with E-state index >= 15 is 0 Å². The Bertz CT molecular complexity index is 418. The molecule has 2 heteroatoms. The molecule has 2 N–H and O–H groups in total. The van der Waals surface area contributed by atoms with Gasteiger partial charge in [0.15, 0.2) is 0 Å². The molecule has 2 aliphatic rings. The molecule has 0 aliphatic heterocycles. The van der Waals surface area contributed by atoms with E-state index in [2.05, 4.69) is 23.5 Å². The van der Waals surface area contributed by atoms with Gasteiger partial charge in [0.25, 0.3) is 0 Å².